The van der Waals surface area contributed by atoms with Crippen molar-refractivity contribution < 1.29 is 14.2 Å². The van der Waals surface area contributed by atoms with Crippen molar-refractivity contribution in [2.24, 2.45) is 0 Å². The summed E-state index contributed by atoms with van der Waals surface area (Å²) in [7, 11) is 0. The SMILES string of the molecule is Nc1cc(Nc2ncnc3sc4c(c23)CCc2c-4cnn2CCCO)ccc1OCc1cccc(F)c1. The molecule has 1 aliphatic carbocycles. The van der Waals surface area contributed by atoms with Crippen LogP contribution < -0.4 is 15.8 Å². The molecule has 5 aromatic rings. The first-order valence-electron chi connectivity index (χ1n) is 12.1. The number of nitrogens with one attached hydrogen (secondary N) is 1. The summed E-state index contributed by atoms with van der Waals surface area (Å²) in [6, 6.07) is 11.8. The summed E-state index contributed by atoms with van der Waals surface area (Å²) < 4.78 is 21.2. The Balaban J connectivity index is 1.26. The fraction of sp³-hybridized carbons (Fsp3) is 0.222. The van der Waals surface area contributed by atoms with E-state index in [1.165, 1.54) is 28.3 Å². The van der Waals surface area contributed by atoms with E-state index in [9.17, 15) is 9.50 Å². The van der Waals surface area contributed by atoms with Gasteiger partial charge in [0.15, 0.2) is 0 Å². The van der Waals surface area contributed by atoms with E-state index in [4.69, 9.17) is 10.5 Å². The Morgan fingerprint density at radius 2 is 2.08 bits per heavy atom. The Hall–Kier alpha value is -4.02. The zero-order valence-electron chi connectivity index (χ0n) is 19.9. The van der Waals surface area contributed by atoms with Crippen molar-refractivity contribution >= 4 is 38.7 Å². The summed E-state index contributed by atoms with van der Waals surface area (Å²) in [6.07, 6.45) is 5.91. The fourth-order valence-electron chi connectivity index (χ4n) is 4.74. The monoisotopic (exact) mass is 516 g/mol. The van der Waals surface area contributed by atoms with E-state index in [1.54, 1.807) is 41.9 Å². The molecule has 3 heterocycles. The molecule has 4 N–H and O–H groups in total. The predicted octanol–water partition coefficient (Wildman–Crippen LogP) is 5.08. The molecule has 0 atom stereocenters. The number of hydrogen-bond acceptors (Lipinski definition) is 8. The van der Waals surface area contributed by atoms with Gasteiger partial charge in [-0.3, -0.25) is 4.68 Å². The third-order valence-corrected chi connectivity index (χ3v) is 7.65. The lowest BCUT2D eigenvalue weighted by atomic mass is 9.95. The molecule has 0 fully saturated rings. The molecule has 0 aliphatic heterocycles. The Kier molecular flexibility index (Phi) is 6.19. The molecule has 6 rings (SSSR count). The number of aromatic nitrogens is 4. The lowest BCUT2D eigenvalue weighted by molar-refractivity contribution is 0.276. The van der Waals surface area contributed by atoms with Crippen LogP contribution >= 0.6 is 11.3 Å². The highest BCUT2D eigenvalue weighted by molar-refractivity contribution is 7.22. The van der Waals surface area contributed by atoms with Crippen molar-refractivity contribution in [3.8, 4) is 16.2 Å². The number of rotatable bonds is 8. The molecule has 37 heavy (non-hydrogen) atoms. The van der Waals surface area contributed by atoms with E-state index in [-0.39, 0.29) is 19.0 Å². The van der Waals surface area contributed by atoms with Gasteiger partial charge >= 0.3 is 0 Å². The number of nitrogens with zero attached hydrogens (tertiary/aromatic N) is 4. The zero-order valence-corrected chi connectivity index (χ0v) is 20.8. The number of aryl methyl sites for hydroxylation is 2. The highest BCUT2D eigenvalue weighted by Gasteiger charge is 2.26. The summed E-state index contributed by atoms with van der Waals surface area (Å²) in [5.41, 5.74) is 11.8. The molecule has 188 valence electrons. The molecule has 0 saturated carbocycles. The van der Waals surface area contributed by atoms with Crippen LogP contribution in [0.3, 0.4) is 0 Å². The Labute approximate surface area is 216 Å². The minimum absolute atomic E-state index is 0.151. The number of fused-ring (bicyclic) bond motifs is 5. The molecule has 2 aromatic carbocycles. The number of anilines is 3. The highest BCUT2D eigenvalue weighted by atomic mass is 32.1. The second kappa shape index (κ2) is 9.79. The van der Waals surface area contributed by atoms with Gasteiger partial charge in [-0.25, -0.2) is 14.4 Å². The number of halogens is 1. The normalized spacial score (nSPS) is 12.4. The molecule has 0 unspecified atom stereocenters. The van der Waals surface area contributed by atoms with Crippen LogP contribution in [0.4, 0.5) is 21.6 Å². The fourth-order valence-corrected chi connectivity index (χ4v) is 5.97. The Morgan fingerprint density at radius 1 is 1.16 bits per heavy atom. The van der Waals surface area contributed by atoms with Gasteiger partial charge in [0.1, 0.15) is 35.1 Å². The number of ether oxygens (including phenoxy) is 1. The topological polar surface area (TPSA) is 111 Å². The molecule has 0 radical (unpaired) electrons. The van der Waals surface area contributed by atoms with Crippen LogP contribution in [0.5, 0.6) is 5.75 Å². The number of aliphatic hydroxyl groups excluding tert-OH is 1. The minimum Gasteiger partial charge on any atom is -0.487 e. The van der Waals surface area contributed by atoms with Crippen LogP contribution in [-0.2, 0) is 26.0 Å². The third-order valence-electron chi connectivity index (χ3n) is 6.48. The van der Waals surface area contributed by atoms with Crippen molar-refractivity contribution in [2.75, 3.05) is 17.7 Å². The van der Waals surface area contributed by atoms with Gasteiger partial charge in [0.2, 0.25) is 0 Å². The highest BCUT2D eigenvalue weighted by Crippen LogP contribution is 2.45. The van der Waals surface area contributed by atoms with Gasteiger partial charge in [-0.2, -0.15) is 5.10 Å². The average Bonchev–Trinajstić information content (AvgIpc) is 3.49. The standard InChI is InChI=1S/C27H25FN6O2S/c28-17-4-1-3-16(11-17)14-36-23-8-5-18(12-21(23)29)33-26-24-19-6-7-22-20(13-32-34(22)9-2-10-35)25(19)37-27(24)31-15-30-26/h1,3-5,8,11-13,15,35H,2,6-7,9-10,14,29H2,(H,30,31,33). The summed E-state index contributed by atoms with van der Waals surface area (Å²) in [5, 5.41) is 18.2. The van der Waals surface area contributed by atoms with Crippen molar-refractivity contribution in [3.63, 3.8) is 0 Å². The number of nitrogens with two attached hydrogens (primary N) is 1. The summed E-state index contributed by atoms with van der Waals surface area (Å²) in [5.74, 6) is 0.958. The molecular formula is C27H25FN6O2S. The lowest BCUT2D eigenvalue weighted by Gasteiger charge is -2.16. The van der Waals surface area contributed by atoms with Crippen molar-refractivity contribution in [2.45, 2.75) is 32.4 Å². The molecule has 3 aromatic heterocycles. The second-order valence-corrected chi connectivity index (χ2v) is 9.91. The lowest BCUT2D eigenvalue weighted by Crippen LogP contribution is -2.10. The van der Waals surface area contributed by atoms with Gasteiger partial charge in [-0.15, -0.1) is 11.3 Å². The third kappa shape index (κ3) is 4.49. The molecule has 0 saturated heterocycles. The van der Waals surface area contributed by atoms with Gasteiger partial charge in [-0.05, 0) is 60.7 Å². The van der Waals surface area contributed by atoms with E-state index in [0.717, 1.165) is 45.7 Å². The number of nitrogen functional groups attached to an aromatic ring is 1. The van der Waals surface area contributed by atoms with Crippen LogP contribution in [0, 0.1) is 5.82 Å². The number of aliphatic hydroxyl groups is 1. The molecule has 8 nitrogen and oxygen atoms in total. The molecule has 0 spiro atoms. The first-order chi connectivity index (χ1) is 18.1. The van der Waals surface area contributed by atoms with E-state index in [0.29, 0.717) is 24.4 Å². The minimum atomic E-state index is -0.299. The smallest absolute Gasteiger partial charge is 0.142 e. The Bertz CT molecular complexity index is 1600. The average molecular weight is 517 g/mol. The molecular weight excluding hydrogens is 491 g/mol. The van der Waals surface area contributed by atoms with E-state index < -0.39 is 0 Å². The van der Waals surface area contributed by atoms with Crippen LogP contribution in [0.2, 0.25) is 0 Å². The Morgan fingerprint density at radius 3 is 2.92 bits per heavy atom. The van der Waals surface area contributed by atoms with Crippen molar-refractivity contribution in [1.82, 2.24) is 19.7 Å². The van der Waals surface area contributed by atoms with Gasteiger partial charge < -0.3 is 20.9 Å². The molecule has 0 amide bonds. The summed E-state index contributed by atoms with van der Waals surface area (Å²) in [6.45, 7) is 1.08. The molecule has 10 heteroatoms. The van der Waals surface area contributed by atoms with E-state index in [2.05, 4.69) is 20.4 Å². The van der Waals surface area contributed by atoms with Crippen LogP contribution in [0.1, 0.15) is 23.2 Å². The molecule has 1 aliphatic rings. The summed E-state index contributed by atoms with van der Waals surface area (Å²) in [4.78, 5) is 11.2. The predicted molar refractivity (Wildman–Crippen MR) is 143 cm³/mol. The zero-order chi connectivity index (χ0) is 25.4. The number of hydrogen-bond donors (Lipinski definition) is 3. The number of benzene rings is 2. The van der Waals surface area contributed by atoms with Crippen LogP contribution in [0.15, 0.2) is 55.0 Å². The number of thiophene rings is 1. The van der Waals surface area contributed by atoms with Crippen LogP contribution in [0.25, 0.3) is 20.7 Å². The van der Waals surface area contributed by atoms with Crippen molar-refractivity contribution in [3.05, 3.63) is 77.6 Å². The van der Waals surface area contributed by atoms with Crippen LogP contribution in [-0.4, -0.2) is 31.5 Å². The second-order valence-electron chi connectivity index (χ2n) is 8.91. The largest absolute Gasteiger partial charge is 0.487 e. The van der Waals surface area contributed by atoms with Gasteiger partial charge in [0.05, 0.1) is 17.3 Å². The van der Waals surface area contributed by atoms with Gasteiger partial charge in [-0.1, -0.05) is 12.1 Å². The van der Waals surface area contributed by atoms with E-state index in [1.807, 2.05) is 16.9 Å². The van der Waals surface area contributed by atoms with Gasteiger partial charge in [0, 0.05) is 35.0 Å². The summed E-state index contributed by atoms with van der Waals surface area (Å²) >= 11 is 1.65. The maximum absolute atomic E-state index is 13.4. The van der Waals surface area contributed by atoms with Crippen molar-refractivity contribution in [1.29, 1.82) is 0 Å². The first kappa shape index (κ1) is 23.4. The quantitative estimate of drug-likeness (QED) is 0.247. The first-order valence-corrected chi connectivity index (χ1v) is 12.9. The maximum atomic E-state index is 13.4. The molecule has 0 bridgehead atoms. The maximum Gasteiger partial charge on any atom is 0.142 e. The van der Waals surface area contributed by atoms with E-state index >= 15 is 0 Å². The van der Waals surface area contributed by atoms with Gasteiger partial charge in [0.25, 0.3) is 0 Å².